The number of pyridine rings is 1. The fourth-order valence-electron chi connectivity index (χ4n) is 6.64. The summed E-state index contributed by atoms with van der Waals surface area (Å²) in [6, 6.07) is 16.6. The van der Waals surface area contributed by atoms with Gasteiger partial charge in [-0.15, -0.1) is 11.3 Å². The molecule has 10 nitrogen and oxygen atoms in total. The molecule has 4 aromatic rings. The van der Waals surface area contributed by atoms with E-state index in [-0.39, 0.29) is 30.3 Å². The van der Waals surface area contributed by atoms with Crippen molar-refractivity contribution in [3.63, 3.8) is 0 Å². The minimum Gasteiger partial charge on any atom is -0.457 e. The number of aryl methyl sites for hydroxylation is 1. The second kappa shape index (κ2) is 12.1. The number of benzene rings is 2. The van der Waals surface area contributed by atoms with Crippen LogP contribution in [0.2, 0.25) is 0 Å². The summed E-state index contributed by atoms with van der Waals surface area (Å²) in [4.78, 5) is 39.3. The van der Waals surface area contributed by atoms with Gasteiger partial charge in [-0.2, -0.15) is 0 Å². The molecule has 7 rings (SSSR count). The minimum absolute atomic E-state index is 0.107. The smallest absolute Gasteiger partial charge is 0.331 e. The number of likely N-dealkylation sites (N-methyl/N-ethyl adjacent to an activating group) is 1. The zero-order chi connectivity index (χ0) is 31.2. The second-order valence-electron chi connectivity index (χ2n) is 12.2. The molecule has 0 radical (unpaired) electrons. The van der Waals surface area contributed by atoms with Gasteiger partial charge in [0.25, 0.3) is 5.91 Å². The third-order valence-corrected chi connectivity index (χ3v) is 9.98. The highest BCUT2D eigenvalue weighted by atomic mass is 32.1. The van der Waals surface area contributed by atoms with Crippen LogP contribution in [0.4, 0.5) is 21.9 Å². The van der Waals surface area contributed by atoms with Gasteiger partial charge in [0.15, 0.2) is 0 Å². The maximum Gasteiger partial charge on any atom is 0.331 e. The number of urea groups is 1. The average molecular weight is 627 g/mol. The van der Waals surface area contributed by atoms with Crippen LogP contribution in [0.1, 0.15) is 35.5 Å². The van der Waals surface area contributed by atoms with Gasteiger partial charge >= 0.3 is 6.03 Å². The van der Waals surface area contributed by atoms with Crippen LogP contribution < -0.4 is 20.3 Å². The third-order valence-electron chi connectivity index (χ3n) is 8.89. The molecule has 4 atom stereocenters. The molecule has 2 fully saturated rings. The van der Waals surface area contributed by atoms with Crippen LogP contribution in [-0.4, -0.2) is 78.3 Å². The van der Waals surface area contributed by atoms with E-state index in [0.717, 1.165) is 42.0 Å². The highest BCUT2D eigenvalue weighted by Gasteiger charge is 2.49. The summed E-state index contributed by atoms with van der Waals surface area (Å²) in [5.74, 6) is 1.77. The predicted octanol–water partition coefficient (Wildman–Crippen LogP) is 6.20. The van der Waals surface area contributed by atoms with E-state index in [1.165, 1.54) is 17.8 Å². The predicted molar refractivity (Wildman–Crippen MR) is 177 cm³/mol. The van der Waals surface area contributed by atoms with Crippen molar-refractivity contribution in [2.45, 2.75) is 45.6 Å². The Morgan fingerprint density at radius 1 is 1.20 bits per heavy atom. The lowest BCUT2D eigenvalue weighted by Gasteiger charge is -2.29. The van der Waals surface area contributed by atoms with Crippen molar-refractivity contribution in [3.05, 3.63) is 71.2 Å². The summed E-state index contributed by atoms with van der Waals surface area (Å²) in [7, 11) is 2.16. The number of thiophene rings is 1. The van der Waals surface area contributed by atoms with E-state index in [2.05, 4.69) is 39.4 Å². The first-order valence-corrected chi connectivity index (χ1v) is 16.4. The number of rotatable bonds is 10. The summed E-state index contributed by atoms with van der Waals surface area (Å²) in [6.45, 7) is 9.81. The number of aromatic nitrogens is 1. The quantitative estimate of drug-likeness (QED) is 0.202. The molecule has 1 unspecified atom stereocenters. The van der Waals surface area contributed by atoms with E-state index in [1.54, 1.807) is 11.1 Å². The van der Waals surface area contributed by atoms with Gasteiger partial charge in [-0.3, -0.25) is 14.6 Å². The number of anilines is 3. The number of amides is 3. The van der Waals surface area contributed by atoms with E-state index in [0.29, 0.717) is 39.3 Å². The molecule has 11 heteroatoms. The molecule has 0 saturated carbocycles. The topological polar surface area (TPSA) is 103 Å². The molecular weight excluding hydrogens is 588 g/mol. The van der Waals surface area contributed by atoms with Crippen LogP contribution in [0.3, 0.4) is 0 Å². The van der Waals surface area contributed by atoms with Crippen LogP contribution in [-0.2, 0) is 4.74 Å². The Balaban J connectivity index is 1.08. The number of nitrogens with zero attached hydrogens (tertiary/aromatic N) is 4. The number of para-hydroxylation sites is 1. The Hall–Kier alpha value is -4.03. The maximum absolute atomic E-state index is 13.7. The lowest BCUT2D eigenvalue weighted by Crippen LogP contribution is -2.44. The fourth-order valence-corrected chi connectivity index (χ4v) is 7.66. The monoisotopic (exact) mass is 626 g/mol. The standard InChI is InChI=1S/C34H38N6O4S/c1-5-39(33-29(44-33)22-14-16-38(4)19-22)18-21(3)36-31(41)30-28-27-26(13-15-35-32(27)45-30)40(34(42)37-28)25-12-11-24(17-20(25)2)43-23-9-7-6-8-10-23/h6-13,15,17,21-22,29,33H,5,14,16,18-19H2,1-4H3,(H,36,41)(H,37,42)/t21-,22+,29-,33?/m1/s1. The van der Waals surface area contributed by atoms with E-state index < -0.39 is 0 Å². The van der Waals surface area contributed by atoms with Crippen molar-refractivity contribution in [3.8, 4) is 11.5 Å². The zero-order valence-corrected chi connectivity index (χ0v) is 26.8. The molecule has 234 valence electrons. The Morgan fingerprint density at radius 3 is 2.76 bits per heavy atom. The normalized spacial score (nSPS) is 21.7. The van der Waals surface area contributed by atoms with Gasteiger partial charge in [0.2, 0.25) is 0 Å². The van der Waals surface area contributed by atoms with Crippen LogP contribution in [0.5, 0.6) is 11.5 Å². The van der Waals surface area contributed by atoms with Crippen LogP contribution in [0.25, 0.3) is 10.2 Å². The molecule has 45 heavy (non-hydrogen) atoms. The summed E-state index contributed by atoms with van der Waals surface area (Å²) in [5.41, 5.74) is 2.79. The summed E-state index contributed by atoms with van der Waals surface area (Å²) in [6.07, 6.45) is 3.23. The molecule has 3 aliphatic heterocycles. The lowest BCUT2D eigenvalue weighted by molar-refractivity contribution is 0.0923. The number of likely N-dealkylation sites (tertiary alicyclic amines) is 1. The van der Waals surface area contributed by atoms with Crippen molar-refractivity contribution < 1.29 is 19.1 Å². The highest BCUT2D eigenvalue weighted by Crippen LogP contribution is 2.46. The Kier molecular flexibility index (Phi) is 7.95. The third kappa shape index (κ3) is 5.77. The average Bonchev–Trinajstić information content (AvgIpc) is 3.55. The SMILES string of the molecule is CCN(C[C@@H](C)NC(=O)c1sc2nccc3c2c1NC(=O)N3c1ccc(Oc2ccccc2)cc1C)C1O[C@@H]1[C@H]1CCN(C)C1. The highest BCUT2D eigenvalue weighted by molar-refractivity contribution is 7.21. The van der Waals surface area contributed by atoms with Crippen LogP contribution in [0.15, 0.2) is 60.8 Å². The Bertz CT molecular complexity index is 1750. The summed E-state index contributed by atoms with van der Waals surface area (Å²) in [5, 5.41) is 6.93. The van der Waals surface area contributed by atoms with Gasteiger partial charge in [0, 0.05) is 31.2 Å². The number of ether oxygens (including phenoxy) is 2. The van der Waals surface area contributed by atoms with Gasteiger partial charge in [0.05, 0.1) is 22.4 Å². The first-order chi connectivity index (χ1) is 21.8. The largest absolute Gasteiger partial charge is 0.457 e. The van der Waals surface area contributed by atoms with Gasteiger partial charge in [-0.1, -0.05) is 25.1 Å². The van der Waals surface area contributed by atoms with E-state index >= 15 is 0 Å². The Morgan fingerprint density at radius 2 is 2.02 bits per heavy atom. The van der Waals surface area contributed by atoms with Gasteiger partial charge in [0.1, 0.15) is 33.5 Å². The number of carbonyl (C=O) groups excluding carboxylic acids is 2. The van der Waals surface area contributed by atoms with Crippen molar-refractivity contribution in [1.82, 2.24) is 20.1 Å². The molecular formula is C34H38N6O4S. The number of nitrogens with one attached hydrogen (secondary N) is 2. The Labute approximate surface area is 266 Å². The maximum atomic E-state index is 13.7. The van der Waals surface area contributed by atoms with Gasteiger partial charge < -0.3 is 25.0 Å². The van der Waals surface area contributed by atoms with Gasteiger partial charge in [-0.25, -0.2) is 9.78 Å². The molecule has 2 N–H and O–H groups in total. The first kappa shape index (κ1) is 29.7. The molecule has 0 spiro atoms. The first-order valence-electron chi connectivity index (χ1n) is 15.6. The molecule has 3 aliphatic rings. The number of hydrogen-bond acceptors (Lipinski definition) is 8. The van der Waals surface area contributed by atoms with E-state index in [4.69, 9.17) is 9.47 Å². The van der Waals surface area contributed by atoms with Crippen LogP contribution >= 0.6 is 11.3 Å². The van der Waals surface area contributed by atoms with Crippen molar-refractivity contribution in [1.29, 1.82) is 0 Å². The zero-order valence-electron chi connectivity index (χ0n) is 25.9. The van der Waals surface area contributed by atoms with Crippen molar-refractivity contribution in [2.24, 2.45) is 5.92 Å². The minimum atomic E-state index is -0.332. The number of epoxide rings is 1. The summed E-state index contributed by atoms with van der Waals surface area (Å²) < 4.78 is 12.1. The van der Waals surface area contributed by atoms with Crippen molar-refractivity contribution >= 4 is 50.6 Å². The van der Waals surface area contributed by atoms with E-state index in [1.807, 2.05) is 68.4 Å². The fraction of sp³-hybridized carbons (Fsp3) is 0.382. The molecule has 3 amide bonds. The number of carbonyl (C=O) groups is 2. The van der Waals surface area contributed by atoms with Gasteiger partial charge in [-0.05, 0) is 82.4 Å². The molecule has 2 saturated heterocycles. The number of hydrogen-bond donors (Lipinski definition) is 2. The molecule has 5 heterocycles. The molecule has 2 aromatic heterocycles. The molecule has 2 aromatic carbocycles. The van der Waals surface area contributed by atoms with Crippen LogP contribution in [0, 0.1) is 12.8 Å². The molecule has 0 bridgehead atoms. The summed E-state index contributed by atoms with van der Waals surface area (Å²) >= 11 is 1.29. The van der Waals surface area contributed by atoms with E-state index in [9.17, 15) is 9.59 Å². The van der Waals surface area contributed by atoms with Crippen molar-refractivity contribution in [2.75, 3.05) is 43.4 Å². The molecule has 0 aliphatic carbocycles. The lowest BCUT2D eigenvalue weighted by atomic mass is 10.0. The second-order valence-corrected chi connectivity index (χ2v) is 13.2.